The first-order valence-corrected chi connectivity index (χ1v) is 10.6. The second-order valence-corrected chi connectivity index (χ2v) is 8.32. The van der Waals surface area contributed by atoms with Crippen LogP contribution in [0.3, 0.4) is 0 Å². The third-order valence-corrected chi connectivity index (χ3v) is 5.76. The molecule has 3 rings (SSSR count). The zero-order chi connectivity index (χ0) is 23.3. The molecule has 164 valence electrons. The standard InChI is InChI=1S/C19H14ClN5O6S/c20-14-5-7-15(8-6-14)23-32(30,31)19-11-16(24(26)27)9-10-17(19)22-21-12-13-3-1-2-4-18(13)25(28)29/h1-12,22-23H. The fourth-order valence-electron chi connectivity index (χ4n) is 2.60. The second kappa shape index (κ2) is 9.41. The minimum atomic E-state index is -4.27. The summed E-state index contributed by atoms with van der Waals surface area (Å²) in [5.74, 6) is 0. The van der Waals surface area contributed by atoms with Crippen molar-refractivity contribution >= 4 is 50.6 Å². The number of benzene rings is 3. The summed E-state index contributed by atoms with van der Waals surface area (Å²) in [6.45, 7) is 0. The molecule has 13 heteroatoms. The molecule has 0 radical (unpaired) electrons. The summed E-state index contributed by atoms with van der Waals surface area (Å²) in [6.07, 6.45) is 1.14. The van der Waals surface area contributed by atoms with E-state index >= 15 is 0 Å². The van der Waals surface area contributed by atoms with Crippen LogP contribution in [0.15, 0.2) is 76.7 Å². The molecule has 0 saturated heterocycles. The Morgan fingerprint density at radius 3 is 2.28 bits per heavy atom. The van der Waals surface area contributed by atoms with Crippen LogP contribution >= 0.6 is 11.6 Å². The van der Waals surface area contributed by atoms with Crippen molar-refractivity contribution in [2.75, 3.05) is 10.1 Å². The van der Waals surface area contributed by atoms with Crippen molar-refractivity contribution in [2.24, 2.45) is 5.10 Å². The quantitative estimate of drug-likeness (QED) is 0.277. The number of sulfonamides is 1. The third kappa shape index (κ3) is 5.36. The lowest BCUT2D eigenvalue weighted by Crippen LogP contribution is -2.15. The number of anilines is 2. The van der Waals surface area contributed by atoms with Gasteiger partial charge in [0, 0.05) is 28.9 Å². The number of hydrogen-bond acceptors (Lipinski definition) is 8. The van der Waals surface area contributed by atoms with E-state index in [9.17, 15) is 28.6 Å². The normalized spacial score (nSPS) is 11.3. The molecule has 0 amide bonds. The fourth-order valence-corrected chi connectivity index (χ4v) is 3.96. The highest BCUT2D eigenvalue weighted by molar-refractivity contribution is 7.92. The Kier molecular flexibility index (Phi) is 6.66. The Morgan fingerprint density at radius 1 is 0.938 bits per heavy atom. The molecule has 0 aliphatic carbocycles. The lowest BCUT2D eigenvalue weighted by molar-refractivity contribution is -0.385. The number of para-hydroxylation sites is 1. The van der Waals surface area contributed by atoms with Gasteiger partial charge in [0.05, 0.1) is 27.3 Å². The van der Waals surface area contributed by atoms with Crippen molar-refractivity contribution in [1.82, 2.24) is 0 Å². The van der Waals surface area contributed by atoms with Gasteiger partial charge in [-0.05, 0) is 36.4 Å². The van der Waals surface area contributed by atoms with E-state index in [1.807, 2.05) is 0 Å². The topological polar surface area (TPSA) is 157 Å². The maximum atomic E-state index is 12.9. The minimum absolute atomic E-state index is 0.0769. The molecular weight excluding hydrogens is 462 g/mol. The van der Waals surface area contributed by atoms with Gasteiger partial charge in [0.25, 0.3) is 21.4 Å². The van der Waals surface area contributed by atoms with Gasteiger partial charge < -0.3 is 0 Å². The monoisotopic (exact) mass is 475 g/mol. The van der Waals surface area contributed by atoms with Crippen molar-refractivity contribution in [3.8, 4) is 0 Å². The lowest BCUT2D eigenvalue weighted by Gasteiger charge is -2.12. The molecular formula is C19H14ClN5O6S. The first-order valence-electron chi connectivity index (χ1n) is 8.77. The van der Waals surface area contributed by atoms with Crippen molar-refractivity contribution < 1.29 is 18.3 Å². The number of hydrogen-bond donors (Lipinski definition) is 2. The van der Waals surface area contributed by atoms with Crippen LogP contribution in [-0.4, -0.2) is 24.5 Å². The van der Waals surface area contributed by atoms with Crippen LogP contribution < -0.4 is 10.1 Å². The summed E-state index contributed by atoms with van der Waals surface area (Å²) >= 11 is 5.80. The van der Waals surface area contributed by atoms with Gasteiger partial charge in [-0.25, -0.2) is 8.42 Å². The molecule has 11 nitrogen and oxygen atoms in total. The number of nitro benzene ring substituents is 2. The number of rotatable bonds is 8. The molecule has 32 heavy (non-hydrogen) atoms. The lowest BCUT2D eigenvalue weighted by atomic mass is 10.2. The van der Waals surface area contributed by atoms with Gasteiger partial charge in [-0.3, -0.25) is 30.4 Å². The molecule has 0 unspecified atom stereocenters. The maximum Gasteiger partial charge on any atom is 0.278 e. The van der Waals surface area contributed by atoms with Gasteiger partial charge >= 0.3 is 0 Å². The number of halogens is 1. The highest BCUT2D eigenvalue weighted by Gasteiger charge is 2.23. The van der Waals surface area contributed by atoms with Crippen LogP contribution in [0, 0.1) is 20.2 Å². The average Bonchev–Trinajstić information content (AvgIpc) is 2.75. The van der Waals surface area contributed by atoms with Crippen LogP contribution in [0.5, 0.6) is 0 Å². The van der Waals surface area contributed by atoms with E-state index in [1.165, 1.54) is 48.5 Å². The number of nitrogens with zero attached hydrogens (tertiary/aromatic N) is 3. The van der Waals surface area contributed by atoms with Crippen molar-refractivity contribution in [3.63, 3.8) is 0 Å². The maximum absolute atomic E-state index is 12.9. The molecule has 2 N–H and O–H groups in total. The molecule has 0 bridgehead atoms. The predicted molar refractivity (Wildman–Crippen MR) is 120 cm³/mol. The average molecular weight is 476 g/mol. The molecule has 0 atom stereocenters. The second-order valence-electron chi connectivity index (χ2n) is 6.24. The van der Waals surface area contributed by atoms with Crippen molar-refractivity contribution in [3.05, 3.63) is 97.5 Å². The number of nitrogens with one attached hydrogen (secondary N) is 2. The largest absolute Gasteiger partial charge is 0.280 e. The first-order chi connectivity index (χ1) is 15.2. The van der Waals surface area contributed by atoms with E-state index in [1.54, 1.807) is 6.07 Å². The van der Waals surface area contributed by atoms with Gasteiger partial charge in [0.15, 0.2) is 0 Å². The van der Waals surface area contributed by atoms with Crippen molar-refractivity contribution in [2.45, 2.75) is 4.90 Å². The van der Waals surface area contributed by atoms with E-state index < -0.39 is 30.5 Å². The molecule has 0 spiro atoms. The zero-order valence-corrected chi connectivity index (χ0v) is 17.6. The smallest absolute Gasteiger partial charge is 0.278 e. The Bertz CT molecular complexity index is 1310. The molecule has 0 heterocycles. The van der Waals surface area contributed by atoms with Crippen LogP contribution in [0.4, 0.5) is 22.7 Å². The van der Waals surface area contributed by atoms with Crippen molar-refractivity contribution in [1.29, 1.82) is 0 Å². The van der Waals surface area contributed by atoms with Crippen LogP contribution in [0.25, 0.3) is 0 Å². The van der Waals surface area contributed by atoms with E-state index in [-0.39, 0.29) is 22.6 Å². The van der Waals surface area contributed by atoms with E-state index in [4.69, 9.17) is 11.6 Å². The summed E-state index contributed by atoms with van der Waals surface area (Å²) < 4.78 is 28.1. The Balaban J connectivity index is 1.95. The van der Waals surface area contributed by atoms with Gasteiger partial charge in [0.2, 0.25) is 0 Å². The molecule has 0 fully saturated rings. The van der Waals surface area contributed by atoms with Gasteiger partial charge in [0.1, 0.15) is 4.90 Å². The van der Waals surface area contributed by atoms with Gasteiger partial charge in [-0.15, -0.1) is 0 Å². The molecule has 3 aromatic carbocycles. The Labute approximate surface area is 186 Å². The summed E-state index contributed by atoms with van der Waals surface area (Å²) in [7, 11) is -4.27. The summed E-state index contributed by atoms with van der Waals surface area (Å²) in [5.41, 5.74) is 2.12. The van der Waals surface area contributed by atoms with E-state index in [2.05, 4.69) is 15.2 Å². The summed E-state index contributed by atoms with van der Waals surface area (Å²) in [5, 5.41) is 26.5. The van der Waals surface area contributed by atoms with E-state index in [0.717, 1.165) is 18.3 Å². The highest BCUT2D eigenvalue weighted by Crippen LogP contribution is 2.29. The predicted octanol–water partition coefficient (Wildman–Crippen LogP) is 4.40. The SMILES string of the molecule is O=[N+]([O-])c1ccc(NN=Cc2ccccc2[N+](=O)[O-])c(S(=O)(=O)Nc2ccc(Cl)cc2)c1. The summed E-state index contributed by atoms with van der Waals surface area (Å²) in [4.78, 5) is 20.5. The van der Waals surface area contributed by atoms with Gasteiger partial charge in [-0.2, -0.15) is 5.10 Å². The number of non-ortho nitro benzene ring substituents is 1. The fraction of sp³-hybridized carbons (Fsp3) is 0. The first kappa shape index (κ1) is 22.7. The Morgan fingerprint density at radius 2 is 1.62 bits per heavy atom. The molecule has 0 aliphatic rings. The molecule has 0 aliphatic heterocycles. The zero-order valence-electron chi connectivity index (χ0n) is 16.0. The molecule has 3 aromatic rings. The van der Waals surface area contributed by atoms with Crippen LogP contribution in [0.1, 0.15) is 5.56 Å². The minimum Gasteiger partial charge on any atom is -0.280 e. The van der Waals surface area contributed by atoms with Crippen LogP contribution in [0.2, 0.25) is 5.02 Å². The summed E-state index contributed by atoms with van der Waals surface area (Å²) in [6, 6.07) is 14.8. The Hall–Kier alpha value is -4.03. The molecule has 0 aromatic heterocycles. The number of nitro groups is 2. The third-order valence-electron chi connectivity index (χ3n) is 4.08. The number of hydrazone groups is 1. The molecule has 0 saturated carbocycles. The van der Waals surface area contributed by atoms with Crippen LogP contribution in [-0.2, 0) is 10.0 Å². The highest BCUT2D eigenvalue weighted by atomic mass is 35.5. The van der Waals surface area contributed by atoms with Gasteiger partial charge in [-0.1, -0.05) is 23.7 Å². The van der Waals surface area contributed by atoms with E-state index in [0.29, 0.717) is 5.02 Å².